The number of benzene rings is 1. The fourth-order valence-corrected chi connectivity index (χ4v) is 2.65. The first-order chi connectivity index (χ1) is 12.9. The van der Waals surface area contributed by atoms with Gasteiger partial charge in [-0.3, -0.25) is 9.69 Å². The van der Waals surface area contributed by atoms with Crippen LogP contribution in [0.4, 0.5) is 19.0 Å². The molecule has 0 spiro atoms. The number of morpholine rings is 1. The first-order valence-electron chi connectivity index (χ1n) is 8.29. The van der Waals surface area contributed by atoms with Gasteiger partial charge in [0.15, 0.2) is 0 Å². The van der Waals surface area contributed by atoms with Crippen LogP contribution in [0.1, 0.15) is 0 Å². The molecule has 3 rings (SSSR count). The van der Waals surface area contributed by atoms with Crippen LogP contribution in [0.15, 0.2) is 48.7 Å². The fraction of sp³-hybridized carbons (Fsp3) is 0.333. The van der Waals surface area contributed by atoms with Crippen molar-refractivity contribution in [1.29, 1.82) is 0 Å². The predicted octanol–water partition coefficient (Wildman–Crippen LogP) is 3.08. The lowest BCUT2D eigenvalue weighted by atomic mass is 10.2. The Kier molecular flexibility index (Phi) is 5.92. The molecule has 2 aromatic rings. The number of amides is 1. The number of aromatic nitrogens is 1. The van der Waals surface area contributed by atoms with Gasteiger partial charge in [-0.25, -0.2) is 4.98 Å². The molecule has 0 aliphatic carbocycles. The van der Waals surface area contributed by atoms with Crippen LogP contribution >= 0.6 is 0 Å². The average Bonchev–Trinajstić information content (AvgIpc) is 2.63. The van der Waals surface area contributed by atoms with Crippen molar-refractivity contribution in [3.05, 3.63) is 48.7 Å². The van der Waals surface area contributed by atoms with Crippen LogP contribution in [-0.2, 0) is 9.53 Å². The van der Waals surface area contributed by atoms with E-state index in [0.717, 1.165) is 4.90 Å². The molecule has 1 aliphatic heterocycles. The summed E-state index contributed by atoms with van der Waals surface area (Å²) in [6, 6.07) is 11.2. The number of nitrogens with zero attached hydrogens (tertiary/aromatic N) is 2. The monoisotopic (exact) mass is 381 g/mol. The number of alkyl halides is 3. The van der Waals surface area contributed by atoms with Crippen LogP contribution in [0, 0.1) is 0 Å². The molecule has 27 heavy (non-hydrogen) atoms. The number of carbonyl (C=O) groups excluding carboxylic acids is 1. The van der Waals surface area contributed by atoms with Gasteiger partial charge in [0.2, 0.25) is 5.91 Å². The largest absolute Gasteiger partial charge is 0.456 e. The number of carbonyl (C=O) groups is 1. The molecule has 1 saturated heterocycles. The molecule has 9 heteroatoms. The van der Waals surface area contributed by atoms with Crippen molar-refractivity contribution in [2.75, 3.05) is 31.6 Å². The molecule has 1 aromatic heterocycles. The molecule has 1 amide bonds. The van der Waals surface area contributed by atoms with E-state index < -0.39 is 24.7 Å². The molecule has 1 aromatic carbocycles. The van der Waals surface area contributed by atoms with E-state index in [1.807, 2.05) is 18.2 Å². The highest BCUT2D eigenvalue weighted by molar-refractivity contribution is 5.94. The normalized spacial score (nSPS) is 18.1. The Morgan fingerprint density at radius 1 is 1.22 bits per heavy atom. The second-order valence-electron chi connectivity index (χ2n) is 5.96. The Hall–Kier alpha value is -2.65. The number of hydrogen-bond donors (Lipinski definition) is 1. The van der Waals surface area contributed by atoms with E-state index in [4.69, 9.17) is 9.47 Å². The molecular formula is C18H18F3N3O3. The van der Waals surface area contributed by atoms with Crippen LogP contribution < -0.4 is 10.1 Å². The summed E-state index contributed by atoms with van der Waals surface area (Å²) in [5, 5.41) is 2.52. The lowest BCUT2D eigenvalue weighted by molar-refractivity contribution is -0.165. The third-order valence-electron chi connectivity index (χ3n) is 3.89. The van der Waals surface area contributed by atoms with E-state index in [2.05, 4.69) is 10.3 Å². The Balaban J connectivity index is 1.61. The summed E-state index contributed by atoms with van der Waals surface area (Å²) < 4.78 is 48.8. The van der Waals surface area contributed by atoms with Gasteiger partial charge in [0, 0.05) is 6.54 Å². The van der Waals surface area contributed by atoms with Gasteiger partial charge >= 0.3 is 6.18 Å². The Morgan fingerprint density at radius 3 is 2.67 bits per heavy atom. The van der Waals surface area contributed by atoms with Gasteiger partial charge in [-0.05, 0) is 24.3 Å². The van der Waals surface area contributed by atoms with Crippen molar-refractivity contribution in [3.63, 3.8) is 0 Å². The van der Waals surface area contributed by atoms with E-state index in [1.54, 1.807) is 18.2 Å². The van der Waals surface area contributed by atoms with Crippen LogP contribution in [0.2, 0.25) is 0 Å². The number of para-hydroxylation sites is 1. The van der Waals surface area contributed by atoms with Crippen molar-refractivity contribution in [3.8, 4) is 11.5 Å². The van der Waals surface area contributed by atoms with Crippen molar-refractivity contribution in [1.82, 2.24) is 9.88 Å². The standard InChI is InChI=1S/C18H18F3N3O3/c19-18(20,21)12-24-8-9-26-11-15(24)17(25)23-16-7-6-14(10-22-16)27-13-4-2-1-3-5-13/h1-7,10,15H,8-9,11-12H2,(H,22,23,25). The van der Waals surface area contributed by atoms with Crippen molar-refractivity contribution >= 4 is 11.7 Å². The van der Waals surface area contributed by atoms with Gasteiger partial charge in [0.25, 0.3) is 0 Å². The fourth-order valence-electron chi connectivity index (χ4n) is 2.65. The molecule has 144 valence electrons. The zero-order chi connectivity index (χ0) is 19.3. The maximum atomic E-state index is 12.7. The lowest BCUT2D eigenvalue weighted by Crippen LogP contribution is -2.54. The minimum atomic E-state index is -4.38. The smallest absolute Gasteiger partial charge is 0.401 e. The third kappa shape index (κ3) is 5.66. The number of anilines is 1. The molecule has 1 N–H and O–H groups in total. The van der Waals surface area contributed by atoms with Gasteiger partial charge in [-0.15, -0.1) is 0 Å². The summed E-state index contributed by atoms with van der Waals surface area (Å²) in [6.45, 7) is -1.07. The Labute approximate surface area is 153 Å². The highest BCUT2D eigenvalue weighted by atomic mass is 19.4. The summed E-state index contributed by atoms with van der Waals surface area (Å²) in [6.07, 6.45) is -2.96. The van der Waals surface area contributed by atoms with Crippen molar-refractivity contribution < 1.29 is 27.4 Å². The molecular weight excluding hydrogens is 363 g/mol. The van der Waals surface area contributed by atoms with E-state index >= 15 is 0 Å². The van der Waals surface area contributed by atoms with Gasteiger partial charge in [0.05, 0.1) is 26.0 Å². The summed E-state index contributed by atoms with van der Waals surface area (Å²) in [5.41, 5.74) is 0. The number of pyridine rings is 1. The van der Waals surface area contributed by atoms with Gasteiger partial charge in [0.1, 0.15) is 23.4 Å². The maximum Gasteiger partial charge on any atom is 0.401 e. The summed E-state index contributed by atoms with van der Waals surface area (Å²) in [7, 11) is 0. The van der Waals surface area contributed by atoms with E-state index in [9.17, 15) is 18.0 Å². The highest BCUT2D eigenvalue weighted by Gasteiger charge is 2.38. The molecule has 2 heterocycles. The van der Waals surface area contributed by atoms with E-state index in [-0.39, 0.29) is 25.6 Å². The lowest BCUT2D eigenvalue weighted by Gasteiger charge is -2.34. The molecule has 0 bridgehead atoms. The molecule has 1 fully saturated rings. The van der Waals surface area contributed by atoms with E-state index in [0.29, 0.717) is 11.5 Å². The van der Waals surface area contributed by atoms with Crippen LogP contribution in [0.3, 0.4) is 0 Å². The van der Waals surface area contributed by atoms with Crippen LogP contribution in [0.5, 0.6) is 11.5 Å². The molecule has 1 atom stereocenters. The molecule has 6 nitrogen and oxygen atoms in total. The number of nitrogens with one attached hydrogen (secondary N) is 1. The van der Waals surface area contributed by atoms with Crippen LogP contribution in [-0.4, -0.2) is 54.3 Å². The quantitative estimate of drug-likeness (QED) is 0.863. The van der Waals surface area contributed by atoms with Gasteiger partial charge in [-0.1, -0.05) is 18.2 Å². The van der Waals surface area contributed by atoms with Gasteiger partial charge < -0.3 is 14.8 Å². The summed E-state index contributed by atoms with van der Waals surface area (Å²) >= 11 is 0. The minimum Gasteiger partial charge on any atom is -0.456 e. The van der Waals surface area contributed by atoms with Crippen LogP contribution in [0.25, 0.3) is 0 Å². The van der Waals surface area contributed by atoms with Gasteiger partial charge in [-0.2, -0.15) is 13.2 Å². The number of ether oxygens (including phenoxy) is 2. The molecule has 1 aliphatic rings. The Morgan fingerprint density at radius 2 is 2.00 bits per heavy atom. The number of rotatable bonds is 5. The number of halogens is 3. The Bertz CT molecular complexity index is 754. The molecule has 1 unspecified atom stereocenters. The topological polar surface area (TPSA) is 63.7 Å². The zero-order valence-electron chi connectivity index (χ0n) is 14.3. The van der Waals surface area contributed by atoms with E-state index in [1.165, 1.54) is 12.3 Å². The van der Waals surface area contributed by atoms with Crippen molar-refractivity contribution in [2.45, 2.75) is 12.2 Å². The molecule has 0 saturated carbocycles. The molecule has 0 radical (unpaired) electrons. The van der Waals surface area contributed by atoms with Crippen molar-refractivity contribution in [2.24, 2.45) is 0 Å². The number of hydrogen-bond acceptors (Lipinski definition) is 5. The predicted molar refractivity (Wildman–Crippen MR) is 91.6 cm³/mol. The second kappa shape index (κ2) is 8.36. The first kappa shape index (κ1) is 19.1. The zero-order valence-corrected chi connectivity index (χ0v) is 14.3. The maximum absolute atomic E-state index is 12.7. The average molecular weight is 381 g/mol. The summed E-state index contributed by atoms with van der Waals surface area (Å²) in [5.74, 6) is 0.734. The highest BCUT2D eigenvalue weighted by Crippen LogP contribution is 2.22. The second-order valence-corrected chi connectivity index (χ2v) is 5.96. The third-order valence-corrected chi connectivity index (χ3v) is 3.89. The first-order valence-corrected chi connectivity index (χ1v) is 8.29. The summed E-state index contributed by atoms with van der Waals surface area (Å²) in [4.78, 5) is 17.5. The minimum absolute atomic E-state index is 0.0366. The SMILES string of the molecule is O=C(Nc1ccc(Oc2ccccc2)cn1)C1COCCN1CC(F)(F)F.